The van der Waals surface area contributed by atoms with E-state index in [4.69, 9.17) is 0 Å². The largest absolute Gasteiger partial charge is 0.330 e. The monoisotopic (exact) mass is 368 g/mol. The molecule has 0 atom stereocenters. The number of hydrogen-bond acceptors (Lipinski definition) is 3. The average Bonchev–Trinajstić information content (AvgIpc) is 3.03. The van der Waals surface area contributed by atoms with Crippen LogP contribution in [0, 0.1) is 0 Å². The van der Waals surface area contributed by atoms with Crippen molar-refractivity contribution in [1.29, 1.82) is 0 Å². The van der Waals surface area contributed by atoms with E-state index in [1.54, 1.807) is 35.0 Å². The number of sulfonamides is 1. The zero-order valence-electron chi connectivity index (χ0n) is 11.0. The number of nitrogens with zero attached hydrogens (tertiary/aromatic N) is 3. The Hall–Kier alpha value is -1.64. The molecule has 3 rings (SSSR count). The minimum Gasteiger partial charge on any atom is -0.330 e. The van der Waals surface area contributed by atoms with E-state index in [2.05, 4.69) is 25.8 Å². The van der Waals surface area contributed by atoms with Crippen molar-refractivity contribution in [2.45, 2.75) is 11.4 Å². The first kappa shape index (κ1) is 14.3. The second-order valence-electron chi connectivity index (χ2n) is 4.45. The maximum atomic E-state index is 12.2. The lowest BCUT2D eigenvalue weighted by Crippen LogP contribution is -2.27. The molecule has 0 aliphatic rings. The molecule has 0 saturated heterocycles. The Morgan fingerprint density at radius 1 is 1.19 bits per heavy atom. The molecule has 21 heavy (non-hydrogen) atoms. The van der Waals surface area contributed by atoms with Gasteiger partial charge in [-0.05, 0) is 28.1 Å². The average molecular weight is 369 g/mol. The molecule has 0 aliphatic heterocycles. The molecule has 0 bridgehead atoms. The maximum absolute atomic E-state index is 12.2. The summed E-state index contributed by atoms with van der Waals surface area (Å²) in [6, 6.07) is 8.62. The molecule has 2 aromatic heterocycles. The highest BCUT2D eigenvalue weighted by Crippen LogP contribution is 2.20. The normalized spacial score (nSPS) is 12.0. The Morgan fingerprint density at radius 3 is 2.81 bits per heavy atom. The van der Waals surface area contributed by atoms with Crippen LogP contribution in [0.25, 0.3) is 5.65 Å². The van der Waals surface area contributed by atoms with E-state index in [0.717, 1.165) is 5.65 Å². The van der Waals surface area contributed by atoms with Gasteiger partial charge >= 0.3 is 0 Å². The first-order chi connectivity index (χ1) is 10.1. The molecular weight excluding hydrogens is 356 g/mol. The quantitative estimate of drug-likeness (QED) is 0.747. The van der Waals surface area contributed by atoms with Gasteiger partial charge < -0.3 is 4.57 Å². The lowest BCUT2D eigenvalue weighted by atomic mass is 10.4. The van der Waals surface area contributed by atoms with Gasteiger partial charge in [-0.1, -0.05) is 12.1 Å². The summed E-state index contributed by atoms with van der Waals surface area (Å²) in [6.07, 6.45) is 5.41. The Bertz CT molecular complexity index is 869. The standard InChI is InChI=1S/C13H13BrN4O2S/c14-11-3-1-2-4-12(11)21(19,20)16-7-8-17-9-10-18-13(17)5-6-15-18/h1-6,9-10,16H,7-8H2. The number of aromatic nitrogens is 3. The molecule has 0 spiro atoms. The van der Waals surface area contributed by atoms with Gasteiger partial charge in [-0.3, -0.25) is 0 Å². The zero-order chi connectivity index (χ0) is 14.9. The Morgan fingerprint density at radius 2 is 2.00 bits per heavy atom. The highest BCUT2D eigenvalue weighted by atomic mass is 79.9. The molecule has 8 heteroatoms. The topological polar surface area (TPSA) is 68.4 Å². The van der Waals surface area contributed by atoms with Gasteiger partial charge in [0.25, 0.3) is 0 Å². The third-order valence-electron chi connectivity index (χ3n) is 3.10. The second-order valence-corrected chi connectivity index (χ2v) is 7.04. The van der Waals surface area contributed by atoms with Crippen LogP contribution in [0.4, 0.5) is 0 Å². The number of hydrogen-bond donors (Lipinski definition) is 1. The minimum absolute atomic E-state index is 0.243. The third-order valence-corrected chi connectivity index (χ3v) is 5.58. The molecule has 0 amide bonds. The second kappa shape index (κ2) is 5.63. The number of imidazole rings is 1. The number of rotatable bonds is 5. The summed E-state index contributed by atoms with van der Waals surface area (Å²) in [5, 5.41) is 4.11. The van der Waals surface area contributed by atoms with E-state index in [1.807, 2.05) is 23.0 Å². The third kappa shape index (κ3) is 2.87. The van der Waals surface area contributed by atoms with Crippen molar-refractivity contribution in [1.82, 2.24) is 18.9 Å². The maximum Gasteiger partial charge on any atom is 0.241 e. The molecule has 6 nitrogen and oxygen atoms in total. The molecule has 0 radical (unpaired) electrons. The van der Waals surface area contributed by atoms with E-state index in [0.29, 0.717) is 17.6 Å². The van der Waals surface area contributed by atoms with Crippen molar-refractivity contribution in [2.24, 2.45) is 0 Å². The van der Waals surface area contributed by atoms with Gasteiger partial charge in [0.05, 0.1) is 11.1 Å². The van der Waals surface area contributed by atoms with E-state index < -0.39 is 10.0 Å². The van der Waals surface area contributed by atoms with Crippen LogP contribution in [0.2, 0.25) is 0 Å². The number of nitrogens with one attached hydrogen (secondary N) is 1. The van der Waals surface area contributed by atoms with Crippen LogP contribution in [0.3, 0.4) is 0 Å². The molecule has 0 fully saturated rings. The highest BCUT2D eigenvalue weighted by molar-refractivity contribution is 9.10. The summed E-state index contributed by atoms with van der Waals surface area (Å²) in [4.78, 5) is 0.243. The smallest absolute Gasteiger partial charge is 0.241 e. The lowest BCUT2D eigenvalue weighted by molar-refractivity contribution is 0.574. The SMILES string of the molecule is O=S(=O)(NCCn1ccn2nccc12)c1ccccc1Br. The predicted octanol–water partition coefficient (Wildman–Crippen LogP) is 1.88. The van der Waals surface area contributed by atoms with Crippen LogP contribution in [-0.2, 0) is 16.6 Å². The van der Waals surface area contributed by atoms with Crippen molar-refractivity contribution in [3.05, 3.63) is 53.4 Å². The molecule has 3 aromatic rings. The Labute approximate surface area is 130 Å². The summed E-state index contributed by atoms with van der Waals surface area (Å²) >= 11 is 3.25. The number of halogens is 1. The van der Waals surface area contributed by atoms with Crippen LogP contribution < -0.4 is 4.72 Å². The lowest BCUT2D eigenvalue weighted by Gasteiger charge is -2.09. The fraction of sp³-hybridized carbons (Fsp3) is 0.154. The molecule has 0 aliphatic carbocycles. The van der Waals surface area contributed by atoms with E-state index in [1.165, 1.54) is 0 Å². The van der Waals surface area contributed by atoms with Gasteiger partial charge in [-0.15, -0.1) is 0 Å². The van der Waals surface area contributed by atoms with Crippen molar-refractivity contribution in [3.63, 3.8) is 0 Å². The first-order valence-corrected chi connectivity index (χ1v) is 8.58. The van der Waals surface area contributed by atoms with Gasteiger partial charge in [0.15, 0.2) is 0 Å². The van der Waals surface area contributed by atoms with Crippen LogP contribution in [0.5, 0.6) is 0 Å². The van der Waals surface area contributed by atoms with Crippen LogP contribution in [0.15, 0.2) is 58.3 Å². The summed E-state index contributed by atoms with van der Waals surface area (Å²) in [6.45, 7) is 0.838. The Balaban J connectivity index is 1.70. The molecule has 110 valence electrons. The van der Waals surface area contributed by atoms with E-state index in [-0.39, 0.29) is 4.90 Å². The van der Waals surface area contributed by atoms with Gasteiger partial charge in [0, 0.05) is 36.0 Å². The molecule has 0 unspecified atom stereocenters. The van der Waals surface area contributed by atoms with Gasteiger partial charge in [-0.2, -0.15) is 5.10 Å². The van der Waals surface area contributed by atoms with Gasteiger partial charge in [0.1, 0.15) is 5.65 Å². The van der Waals surface area contributed by atoms with Crippen molar-refractivity contribution >= 4 is 31.6 Å². The summed E-state index contributed by atoms with van der Waals surface area (Å²) < 4.78 is 31.3. The van der Waals surface area contributed by atoms with Crippen LogP contribution in [0.1, 0.15) is 0 Å². The number of fused-ring (bicyclic) bond motifs is 1. The van der Waals surface area contributed by atoms with Gasteiger partial charge in [-0.25, -0.2) is 17.7 Å². The van der Waals surface area contributed by atoms with Crippen LogP contribution >= 0.6 is 15.9 Å². The summed E-state index contributed by atoms with van der Waals surface area (Å²) in [5.74, 6) is 0. The van der Waals surface area contributed by atoms with Crippen molar-refractivity contribution < 1.29 is 8.42 Å². The van der Waals surface area contributed by atoms with Crippen LogP contribution in [-0.4, -0.2) is 29.1 Å². The fourth-order valence-corrected chi connectivity index (χ4v) is 4.12. The zero-order valence-corrected chi connectivity index (χ0v) is 13.4. The van der Waals surface area contributed by atoms with E-state index in [9.17, 15) is 8.42 Å². The Kier molecular flexibility index (Phi) is 3.83. The summed E-state index contributed by atoms with van der Waals surface area (Å²) in [7, 11) is -3.52. The highest BCUT2D eigenvalue weighted by Gasteiger charge is 2.16. The first-order valence-electron chi connectivity index (χ1n) is 6.30. The van der Waals surface area contributed by atoms with E-state index >= 15 is 0 Å². The van der Waals surface area contributed by atoms with Crippen molar-refractivity contribution in [3.8, 4) is 0 Å². The molecule has 1 aromatic carbocycles. The predicted molar refractivity (Wildman–Crippen MR) is 82.5 cm³/mol. The molecule has 0 saturated carbocycles. The number of benzene rings is 1. The molecule has 2 heterocycles. The molecule has 1 N–H and O–H groups in total. The van der Waals surface area contributed by atoms with Crippen molar-refractivity contribution in [2.75, 3.05) is 6.54 Å². The minimum atomic E-state index is -3.52. The van der Waals surface area contributed by atoms with Gasteiger partial charge in [0.2, 0.25) is 10.0 Å². The fourth-order valence-electron chi connectivity index (χ4n) is 2.10. The summed E-state index contributed by atoms with van der Waals surface area (Å²) in [5.41, 5.74) is 0.926. The molecular formula is C13H13BrN4O2S.